The molecule has 3 N–H and O–H groups in total. The van der Waals surface area contributed by atoms with Crippen molar-refractivity contribution in [2.75, 3.05) is 24.7 Å². The molecule has 12 nitrogen and oxygen atoms in total. The largest absolute Gasteiger partial charge is 0.378 e. The molecule has 0 aromatic heterocycles. The molecule has 0 fully saturated rings. The van der Waals surface area contributed by atoms with Gasteiger partial charge in [-0.3, -0.25) is 24.6 Å². The van der Waals surface area contributed by atoms with E-state index in [9.17, 15) is 31.7 Å². The summed E-state index contributed by atoms with van der Waals surface area (Å²) in [6.07, 6.45) is 0.953. The number of nitro groups is 1. The maximum Gasteiger partial charge on any atom is 0.293 e. The zero-order chi connectivity index (χ0) is 24.4. The summed E-state index contributed by atoms with van der Waals surface area (Å²) >= 11 is 0. The van der Waals surface area contributed by atoms with Gasteiger partial charge < -0.3 is 10.6 Å². The lowest BCUT2D eigenvalue weighted by Crippen LogP contribution is -2.36. The summed E-state index contributed by atoms with van der Waals surface area (Å²) in [5.74, 6) is -0.400. The number of carbonyl (C=O) groups is 1. The highest BCUT2D eigenvalue weighted by Gasteiger charge is 2.31. The number of aliphatic imine (C=N–C) groups is 1. The molecule has 0 bridgehead atoms. The van der Waals surface area contributed by atoms with E-state index < -0.39 is 42.4 Å². The highest BCUT2D eigenvalue weighted by Crippen LogP contribution is 2.27. The van der Waals surface area contributed by atoms with Crippen LogP contribution in [-0.4, -0.2) is 58.9 Å². The third-order valence-corrected chi connectivity index (χ3v) is 7.21. The normalized spacial score (nSPS) is 16.5. The molecule has 1 amide bonds. The lowest BCUT2D eigenvalue weighted by Gasteiger charge is -2.11. The van der Waals surface area contributed by atoms with Gasteiger partial charge in [-0.15, -0.1) is 0 Å². The predicted molar refractivity (Wildman–Crippen MR) is 120 cm³/mol. The van der Waals surface area contributed by atoms with E-state index in [0.717, 1.165) is 12.3 Å². The zero-order valence-electron chi connectivity index (χ0n) is 17.6. The molecule has 3 rings (SSSR count). The maximum absolute atomic E-state index is 12.3. The molecule has 0 aliphatic carbocycles. The smallest absolute Gasteiger partial charge is 0.293 e. The summed E-state index contributed by atoms with van der Waals surface area (Å²) in [6.45, 7) is 1.70. The summed E-state index contributed by atoms with van der Waals surface area (Å²) in [4.78, 5) is 27.0. The van der Waals surface area contributed by atoms with Crippen LogP contribution in [0.3, 0.4) is 0 Å². The molecule has 1 aliphatic rings. The fourth-order valence-corrected chi connectivity index (χ4v) is 4.94. The van der Waals surface area contributed by atoms with Crippen molar-refractivity contribution in [1.82, 2.24) is 10.0 Å². The molecule has 0 saturated carbocycles. The van der Waals surface area contributed by atoms with E-state index in [0.29, 0.717) is 5.56 Å². The highest BCUT2D eigenvalue weighted by atomic mass is 32.2. The zero-order valence-corrected chi connectivity index (χ0v) is 19.2. The lowest BCUT2D eigenvalue weighted by molar-refractivity contribution is -0.384. The topological polar surface area (TPSA) is 177 Å². The van der Waals surface area contributed by atoms with Gasteiger partial charge in [0.15, 0.2) is 9.84 Å². The molecule has 0 radical (unpaired) electrons. The Morgan fingerprint density at radius 2 is 1.91 bits per heavy atom. The minimum Gasteiger partial charge on any atom is -0.378 e. The SMILES string of the molecule is C[C@H](N=C1NS(=O)(=O)c2ccccc21)C(=O)NCCNc1ccc(S(C)(=O)=O)cc1[N+](=O)[O-]. The summed E-state index contributed by atoms with van der Waals surface area (Å²) in [5, 5.41) is 16.7. The molecule has 0 spiro atoms. The number of sulfone groups is 1. The van der Waals surface area contributed by atoms with Crippen molar-refractivity contribution in [1.29, 1.82) is 0 Å². The summed E-state index contributed by atoms with van der Waals surface area (Å²) < 4.78 is 49.8. The fraction of sp³-hybridized carbons (Fsp3) is 0.263. The molecule has 14 heteroatoms. The van der Waals surface area contributed by atoms with Gasteiger partial charge in [-0.05, 0) is 31.2 Å². The number of hydrogen-bond acceptors (Lipinski definition) is 9. The molecular weight excluding hydrogens is 474 g/mol. The van der Waals surface area contributed by atoms with E-state index in [2.05, 4.69) is 20.3 Å². The number of nitrogens with one attached hydrogen (secondary N) is 3. The van der Waals surface area contributed by atoms with E-state index >= 15 is 0 Å². The quantitative estimate of drug-likeness (QED) is 0.271. The molecule has 1 heterocycles. The third-order valence-electron chi connectivity index (χ3n) is 4.70. The van der Waals surface area contributed by atoms with Gasteiger partial charge in [0.25, 0.3) is 15.7 Å². The van der Waals surface area contributed by atoms with Gasteiger partial charge in [-0.25, -0.2) is 16.8 Å². The number of anilines is 1. The summed E-state index contributed by atoms with van der Waals surface area (Å²) in [5.41, 5.74) is 0.0757. The molecule has 1 atom stereocenters. The van der Waals surface area contributed by atoms with Crippen LogP contribution in [0.15, 0.2) is 57.2 Å². The molecule has 2 aromatic carbocycles. The number of nitrogens with zero attached hydrogens (tertiary/aromatic N) is 2. The Morgan fingerprint density at radius 3 is 2.58 bits per heavy atom. The second kappa shape index (κ2) is 9.15. The number of rotatable bonds is 8. The number of carbonyl (C=O) groups excluding carboxylic acids is 1. The molecular formula is C19H21N5O7S2. The van der Waals surface area contributed by atoms with Crippen molar-refractivity contribution < 1.29 is 26.6 Å². The fourth-order valence-electron chi connectivity index (χ4n) is 3.06. The molecule has 2 aromatic rings. The number of benzene rings is 2. The van der Waals surface area contributed by atoms with Crippen molar-refractivity contribution in [3.05, 3.63) is 58.1 Å². The van der Waals surface area contributed by atoms with E-state index in [-0.39, 0.29) is 34.4 Å². The Morgan fingerprint density at radius 1 is 1.21 bits per heavy atom. The van der Waals surface area contributed by atoms with E-state index in [1.165, 1.54) is 25.1 Å². The molecule has 33 heavy (non-hydrogen) atoms. The van der Waals surface area contributed by atoms with E-state index in [1.807, 2.05) is 0 Å². The van der Waals surface area contributed by atoms with Crippen molar-refractivity contribution in [2.24, 2.45) is 4.99 Å². The predicted octanol–water partition coefficient (Wildman–Crippen LogP) is 0.654. The molecule has 176 valence electrons. The Labute approximate surface area is 190 Å². The van der Waals surface area contributed by atoms with E-state index in [1.54, 1.807) is 18.2 Å². The van der Waals surface area contributed by atoms with Gasteiger partial charge in [0.1, 0.15) is 17.6 Å². The number of amidine groups is 1. The van der Waals surface area contributed by atoms with Crippen molar-refractivity contribution in [3.8, 4) is 0 Å². The third kappa shape index (κ3) is 5.46. The van der Waals surface area contributed by atoms with Crippen LogP contribution < -0.4 is 15.4 Å². The van der Waals surface area contributed by atoms with Crippen molar-refractivity contribution in [3.63, 3.8) is 0 Å². The molecule has 1 aliphatic heterocycles. The number of nitro benzene ring substituents is 1. The average Bonchev–Trinajstić information content (AvgIpc) is 3.00. The Hall–Kier alpha value is -3.52. The van der Waals surface area contributed by atoms with Gasteiger partial charge >= 0.3 is 0 Å². The van der Waals surface area contributed by atoms with Crippen LogP contribution in [0.2, 0.25) is 0 Å². The van der Waals surface area contributed by atoms with Crippen molar-refractivity contribution in [2.45, 2.75) is 22.8 Å². The van der Waals surface area contributed by atoms with Gasteiger partial charge in [0.2, 0.25) is 5.91 Å². The average molecular weight is 496 g/mol. The summed E-state index contributed by atoms with van der Waals surface area (Å²) in [7, 11) is -7.32. The van der Waals surface area contributed by atoms with Crippen LogP contribution in [0.25, 0.3) is 0 Å². The van der Waals surface area contributed by atoms with Crippen LogP contribution in [-0.2, 0) is 24.7 Å². The first-order valence-electron chi connectivity index (χ1n) is 9.60. The Balaban J connectivity index is 1.60. The minimum atomic E-state index is -3.72. The van der Waals surface area contributed by atoms with Gasteiger partial charge in [-0.1, -0.05) is 12.1 Å². The minimum absolute atomic E-state index is 0.0768. The second-order valence-electron chi connectivity index (χ2n) is 7.18. The number of amides is 1. The monoisotopic (exact) mass is 495 g/mol. The summed E-state index contributed by atoms with van der Waals surface area (Å²) in [6, 6.07) is 8.88. The first-order valence-corrected chi connectivity index (χ1v) is 13.0. The number of fused-ring (bicyclic) bond motifs is 1. The molecule has 0 saturated heterocycles. The van der Waals surface area contributed by atoms with Crippen LogP contribution >= 0.6 is 0 Å². The maximum atomic E-state index is 12.3. The Kier molecular flexibility index (Phi) is 6.69. The molecule has 0 unspecified atom stereocenters. The van der Waals surface area contributed by atoms with Gasteiger partial charge in [0, 0.05) is 31.0 Å². The number of sulfonamides is 1. The van der Waals surface area contributed by atoms with Gasteiger partial charge in [0.05, 0.1) is 14.7 Å². The highest BCUT2D eigenvalue weighted by molar-refractivity contribution is 7.91. The van der Waals surface area contributed by atoms with Crippen LogP contribution in [0.5, 0.6) is 0 Å². The Bertz CT molecular complexity index is 1350. The first kappa shape index (κ1) is 24.1. The van der Waals surface area contributed by atoms with Crippen LogP contribution in [0, 0.1) is 10.1 Å². The van der Waals surface area contributed by atoms with Gasteiger partial charge in [-0.2, -0.15) is 0 Å². The van der Waals surface area contributed by atoms with E-state index in [4.69, 9.17) is 0 Å². The standard InChI is InChI=1S/C19H21N5O7S2/c1-12(22-18-14-5-3-4-6-17(14)33(30,31)23-18)19(25)21-10-9-20-15-8-7-13(32(2,28)29)11-16(15)24(26)27/h3-8,11-12,20H,9-10H2,1-2H3,(H,21,25)(H,22,23)/t12-/m0/s1. The first-order chi connectivity index (χ1) is 15.4. The van der Waals surface area contributed by atoms with Crippen molar-refractivity contribution >= 4 is 43.0 Å². The second-order valence-corrected chi connectivity index (χ2v) is 10.8. The lowest BCUT2D eigenvalue weighted by atomic mass is 10.2. The van der Waals surface area contributed by atoms with Crippen LogP contribution in [0.4, 0.5) is 11.4 Å². The van der Waals surface area contributed by atoms with Crippen LogP contribution in [0.1, 0.15) is 12.5 Å². The number of hydrogen-bond donors (Lipinski definition) is 3.